The number of para-hydroxylation sites is 1. The molecule has 1 aromatic carbocycles. The van der Waals surface area contributed by atoms with Crippen LogP contribution in [0.1, 0.15) is 49.4 Å². The fourth-order valence-corrected chi connectivity index (χ4v) is 3.38. The number of hydrogen-bond donors (Lipinski definition) is 1. The van der Waals surface area contributed by atoms with E-state index in [4.69, 9.17) is 4.98 Å². The van der Waals surface area contributed by atoms with E-state index in [1.807, 2.05) is 6.92 Å². The van der Waals surface area contributed by atoms with Gasteiger partial charge in [-0.3, -0.25) is 0 Å². The first kappa shape index (κ1) is 16.7. The molecule has 2 aromatic rings. The summed E-state index contributed by atoms with van der Waals surface area (Å²) < 4.78 is 0. The Hall–Kier alpha value is -2.10. The topological polar surface area (TPSA) is 41.1 Å². The van der Waals surface area contributed by atoms with E-state index in [0.717, 1.165) is 36.7 Å². The molecule has 0 aliphatic carbocycles. The van der Waals surface area contributed by atoms with E-state index >= 15 is 0 Å². The maximum atomic E-state index is 4.81. The molecule has 1 aromatic heterocycles. The highest BCUT2D eigenvalue weighted by molar-refractivity contribution is 5.64. The summed E-state index contributed by atoms with van der Waals surface area (Å²) in [4.78, 5) is 11.8. The Morgan fingerprint density at radius 2 is 1.79 bits per heavy atom. The minimum absolute atomic E-state index is 0.707. The standard InChI is InChI=1S/C20H28N4/c1-4-17-11-9-10-15(2)19(17)23-20-21-16(3)14-18(22-20)24-12-7-5-6-8-13-24/h9-11,14H,4-8,12-13H2,1-3H3,(H,21,22,23). The van der Waals surface area contributed by atoms with Gasteiger partial charge < -0.3 is 10.2 Å². The summed E-state index contributed by atoms with van der Waals surface area (Å²) >= 11 is 0. The predicted molar refractivity (Wildman–Crippen MR) is 101 cm³/mol. The van der Waals surface area contributed by atoms with Crippen LogP contribution >= 0.6 is 0 Å². The van der Waals surface area contributed by atoms with Crippen molar-refractivity contribution >= 4 is 17.5 Å². The number of benzene rings is 1. The van der Waals surface area contributed by atoms with Crippen LogP contribution in [0.4, 0.5) is 17.5 Å². The Morgan fingerprint density at radius 3 is 2.50 bits per heavy atom. The third-order valence-electron chi connectivity index (χ3n) is 4.75. The maximum Gasteiger partial charge on any atom is 0.229 e. The molecule has 1 saturated heterocycles. The second-order valence-electron chi connectivity index (χ2n) is 6.68. The van der Waals surface area contributed by atoms with Crippen molar-refractivity contribution in [1.29, 1.82) is 0 Å². The van der Waals surface area contributed by atoms with Crippen LogP contribution in [0.3, 0.4) is 0 Å². The SMILES string of the molecule is CCc1cccc(C)c1Nc1nc(C)cc(N2CCCCCC2)n1. The van der Waals surface area contributed by atoms with E-state index < -0.39 is 0 Å². The third-order valence-corrected chi connectivity index (χ3v) is 4.75. The van der Waals surface area contributed by atoms with Crippen LogP contribution in [0.5, 0.6) is 0 Å². The number of nitrogens with one attached hydrogen (secondary N) is 1. The zero-order chi connectivity index (χ0) is 16.9. The molecule has 2 heterocycles. The fraction of sp³-hybridized carbons (Fsp3) is 0.500. The molecular formula is C20H28N4. The van der Waals surface area contributed by atoms with Gasteiger partial charge in [0.1, 0.15) is 5.82 Å². The Kier molecular flexibility index (Phi) is 5.34. The van der Waals surface area contributed by atoms with E-state index in [-0.39, 0.29) is 0 Å². The number of aryl methyl sites for hydroxylation is 3. The summed E-state index contributed by atoms with van der Waals surface area (Å²) in [5.41, 5.74) is 4.69. The zero-order valence-corrected chi connectivity index (χ0v) is 15.1. The molecule has 0 amide bonds. The van der Waals surface area contributed by atoms with Crippen LogP contribution in [0.15, 0.2) is 24.3 Å². The van der Waals surface area contributed by atoms with Gasteiger partial charge in [-0.05, 0) is 44.2 Å². The van der Waals surface area contributed by atoms with Gasteiger partial charge in [0.25, 0.3) is 0 Å². The number of anilines is 3. The summed E-state index contributed by atoms with van der Waals surface area (Å²) in [6.07, 6.45) is 6.16. The summed E-state index contributed by atoms with van der Waals surface area (Å²) in [5.74, 6) is 1.76. The van der Waals surface area contributed by atoms with Gasteiger partial charge in [-0.15, -0.1) is 0 Å². The van der Waals surface area contributed by atoms with Crippen molar-refractivity contribution in [3.8, 4) is 0 Å². The number of nitrogens with zero attached hydrogens (tertiary/aromatic N) is 3. The number of aromatic nitrogens is 2. The second-order valence-corrected chi connectivity index (χ2v) is 6.68. The average Bonchev–Trinajstić information content (AvgIpc) is 2.85. The van der Waals surface area contributed by atoms with E-state index in [2.05, 4.69) is 53.3 Å². The molecule has 4 heteroatoms. The van der Waals surface area contributed by atoms with E-state index in [1.165, 1.54) is 36.8 Å². The van der Waals surface area contributed by atoms with E-state index in [9.17, 15) is 0 Å². The quantitative estimate of drug-likeness (QED) is 0.878. The van der Waals surface area contributed by atoms with Crippen molar-refractivity contribution in [3.63, 3.8) is 0 Å². The molecule has 0 atom stereocenters. The Bertz CT molecular complexity index is 688. The van der Waals surface area contributed by atoms with E-state index in [0.29, 0.717) is 5.95 Å². The summed E-state index contributed by atoms with van der Waals surface area (Å²) in [7, 11) is 0. The summed E-state index contributed by atoms with van der Waals surface area (Å²) in [6.45, 7) is 8.56. The van der Waals surface area contributed by atoms with Gasteiger partial charge >= 0.3 is 0 Å². The number of hydrogen-bond acceptors (Lipinski definition) is 4. The van der Waals surface area contributed by atoms with Gasteiger partial charge in [0.05, 0.1) is 0 Å². The molecule has 0 bridgehead atoms. The van der Waals surface area contributed by atoms with Crippen molar-refractivity contribution in [2.45, 2.75) is 52.9 Å². The first-order valence-corrected chi connectivity index (χ1v) is 9.13. The van der Waals surface area contributed by atoms with Gasteiger partial charge in [0, 0.05) is 30.5 Å². The lowest BCUT2D eigenvalue weighted by molar-refractivity contribution is 0.726. The molecule has 0 radical (unpaired) electrons. The Labute approximate surface area is 145 Å². The molecule has 1 aliphatic rings. The van der Waals surface area contributed by atoms with Gasteiger partial charge in [-0.2, -0.15) is 4.98 Å². The van der Waals surface area contributed by atoms with Crippen molar-refractivity contribution in [2.24, 2.45) is 0 Å². The molecule has 0 unspecified atom stereocenters. The lowest BCUT2D eigenvalue weighted by Crippen LogP contribution is -2.25. The molecule has 1 aliphatic heterocycles. The van der Waals surface area contributed by atoms with Crippen LogP contribution in [0.25, 0.3) is 0 Å². The van der Waals surface area contributed by atoms with Crippen LogP contribution < -0.4 is 10.2 Å². The summed E-state index contributed by atoms with van der Waals surface area (Å²) in [6, 6.07) is 8.52. The van der Waals surface area contributed by atoms with Crippen molar-refractivity contribution < 1.29 is 0 Å². The van der Waals surface area contributed by atoms with Gasteiger partial charge in [-0.1, -0.05) is 38.0 Å². The predicted octanol–water partition coefficient (Wildman–Crippen LogP) is 4.78. The molecule has 1 N–H and O–H groups in total. The van der Waals surface area contributed by atoms with E-state index in [1.54, 1.807) is 0 Å². The lowest BCUT2D eigenvalue weighted by Gasteiger charge is -2.22. The Morgan fingerprint density at radius 1 is 1.04 bits per heavy atom. The van der Waals surface area contributed by atoms with Gasteiger partial charge in [0.2, 0.25) is 5.95 Å². The Balaban J connectivity index is 1.89. The summed E-state index contributed by atoms with van der Waals surface area (Å²) in [5, 5.41) is 3.48. The minimum Gasteiger partial charge on any atom is -0.356 e. The number of rotatable bonds is 4. The first-order chi connectivity index (χ1) is 11.7. The van der Waals surface area contributed by atoms with Crippen LogP contribution in [-0.4, -0.2) is 23.1 Å². The van der Waals surface area contributed by atoms with Crippen LogP contribution in [-0.2, 0) is 6.42 Å². The average molecular weight is 324 g/mol. The smallest absolute Gasteiger partial charge is 0.229 e. The monoisotopic (exact) mass is 324 g/mol. The molecule has 0 spiro atoms. The molecule has 128 valence electrons. The molecule has 1 fully saturated rings. The highest BCUT2D eigenvalue weighted by Gasteiger charge is 2.14. The largest absolute Gasteiger partial charge is 0.356 e. The van der Waals surface area contributed by atoms with Gasteiger partial charge in [-0.25, -0.2) is 4.98 Å². The fourth-order valence-electron chi connectivity index (χ4n) is 3.38. The highest BCUT2D eigenvalue weighted by Crippen LogP contribution is 2.26. The zero-order valence-electron chi connectivity index (χ0n) is 15.1. The van der Waals surface area contributed by atoms with Crippen LogP contribution in [0, 0.1) is 13.8 Å². The van der Waals surface area contributed by atoms with Crippen molar-refractivity contribution in [2.75, 3.05) is 23.3 Å². The van der Waals surface area contributed by atoms with Crippen LogP contribution in [0.2, 0.25) is 0 Å². The molecular weight excluding hydrogens is 296 g/mol. The second kappa shape index (κ2) is 7.65. The molecule has 24 heavy (non-hydrogen) atoms. The van der Waals surface area contributed by atoms with Crippen molar-refractivity contribution in [1.82, 2.24) is 9.97 Å². The molecule has 4 nitrogen and oxygen atoms in total. The van der Waals surface area contributed by atoms with Crippen molar-refractivity contribution in [3.05, 3.63) is 41.1 Å². The van der Waals surface area contributed by atoms with Gasteiger partial charge in [0.15, 0.2) is 0 Å². The minimum atomic E-state index is 0.707. The first-order valence-electron chi connectivity index (χ1n) is 9.13. The maximum absolute atomic E-state index is 4.81. The lowest BCUT2D eigenvalue weighted by atomic mass is 10.1. The normalized spacial score (nSPS) is 15.2. The third kappa shape index (κ3) is 3.86. The highest BCUT2D eigenvalue weighted by atomic mass is 15.2. The molecule has 3 rings (SSSR count). The molecule has 0 saturated carbocycles.